The summed E-state index contributed by atoms with van der Waals surface area (Å²) < 4.78 is 18.0. The Morgan fingerprint density at radius 2 is 1.87 bits per heavy atom. The van der Waals surface area contributed by atoms with E-state index in [2.05, 4.69) is 4.98 Å². The highest BCUT2D eigenvalue weighted by atomic mass is 16.5. The third kappa shape index (κ3) is 2.88. The lowest BCUT2D eigenvalue weighted by Crippen LogP contribution is -2.28. The summed E-state index contributed by atoms with van der Waals surface area (Å²) in [4.78, 5) is 31.1. The third-order valence-electron chi connectivity index (χ3n) is 4.93. The monoisotopic (exact) mass is 400 g/mol. The van der Waals surface area contributed by atoms with Gasteiger partial charge in [0.2, 0.25) is 11.1 Å². The lowest BCUT2D eigenvalue weighted by atomic mass is 10.1. The Morgan fingerprint density at radius 3 is 2.60 bits per heavy atom. The standard InChI is InChI=1S/C23H16N2O5/c1-28-15-9-10-16-18(12-15)30-22-19(20(16)26)23(27)25(13-14-6-3-2-4-7-14)21(24-22)17-8-5-11-29-17/h2-12H,13H2,1H3. The molecule has 7 nitrogen and oxygen atoms in total. The molecule has 0 spiro atoms. The number of aromatic nitrogens is 2. The Hall–Kier alpha value is -4.13. The molecule has 0 fully saturated rings. The molecule has 0 amide bonds. The molecule has 0 aliphatic rings. The van der Waals surface area contributed by atoms with E-state index in [1.807, 2.05) is 30.3 Å². The van der Waals surface area contributed by atoms with Crippen LogP contribution in [0.2, 0.25) is 0 Å². The number of furan rings is 1. The van der Waals surface area contributed by atoms with Crippen molar-refractivity contribution in [1.29, 1.82) is 0 Å². The third-order valence-corrected chi connectivity index (χ3v) is 4.93. The SMILES string of the molecule is COc1ccc2c(=O)c3c(=O)n(Cc4ccccc4)c(-c4ccco4)nc3oc2c1. The van der Waals surface area contributed by atoms with Crippen molar-refractivity contribution in [2.45, 2.75) is 6.54 Å². The molecule has 0 aliphatic carbocycles. The topological polar surface area (TPSA) is 87.5 Å². The predicted molar refractivity (Wildman–Crippen MR) is 112 cm³/mol. The fourth-order valence-electron chi connectivity index (χ4n) is 3.45. The first kappa shape index (κ1) is 17.9. The molecule has 3 aromatic heterocycles. The van der Waals surface area contributed by atoms with E-state index in [-0.39, 0.29) is 23.5 Å². The van der Waals surface area contributed by atoms with Crippen LogP contribution in [0.5, 0.6) is 5.75 Å². The van der Waals surface area contributed by atoms with E-state index >= 15 is 0 Å². The largest absolute Gasteiger partial charge is 0.497 e. The Bertz CT molecular complexity index is 1480. The van der Waals surface area contributed by atoms with Crippen molar-refractivity contribution in [3.05, 3.63) is 93.1 Å². The second-order valence-corrected chi connectivity index (χ2v) is 6.76. The van der Waals surface area contributed by atoms with Gasteiger partial charge in [-0.3, -0.25) is 14.2 Å². The van der Waals surface area contributed by atoms with Gasteiger partial charge in [-0.1, -0.05) is 30.3 Å². The molecular formula is C23H16N2O5. The first-order valence-corrected chi connectivity index (χ1v) is 9.29. The summed E-state index contributed by atoms with van der Waals surface area (Å²) in [5.41, 5.74) is 0.232. The molecule has 0 atom stereocenters. The van der Waals surface area contributed by atoms with Gasteiger partial charge in [0.05, 0.1) is 25.3 Å². The van der Waals surface area contributed by atoms with Crippen molar-refractivity contribution in [2.24, 2.45) is 0 Å². The molecule has 0 saturated heterocycles. The van der Waals surface area contributed by atoms with Gasteiger partial charge in [0.15, 0.2) is 17.0 Å². The molecule has 0 N–H and O–H groups in total. The van der Waals surface area contributed by atoms with Crippen LogP contribution < -0.4 is 15.7 Å². The Labute approximate surface area is 169 Å². The maximum atomic E-state index is 13.4. The molecule has 5 aromatic rings. The Morgan fingerprint density at radius 1 is 1.03 bits per heavy atom. The van der Waals surface area contributed by atoms with Crippen molar-refractivity contribution in [3.63, 3.8) is 0 Å². The minimum Gasteiger partial charge on any atom is -0.497 e. The molecule has 148 valence electrons. The molecule has 0 bridgehead atoms. The Kier molecular flexibility index (Phi) is 4.21. The van der Waals surface area contributed by atoms with Crippen LogP contribution in [0.15, 0.2) is 85.4 Å². The molecule has 3 heterocycles. The maximum absolute atomic E-state index is 13.4. The Balaban J connectivity index is 1.85. The van der Waals surface area contributed by atoms with Crippen LogP contribution in [0.1, 0.15) is 5.56 Å². The average molecular weight is 400 g/mol. The molecule has 5 rings (SSSR count). The summed E-state index contributed by atoms with van der Waals surface area (Å²) in [6.45, 7) is 0.235. The first-order valence-electron chi connectivity index (χ1n) is 9.29. The maximum Gasteiger partial charge on any atom is 0.269 e. The number of benzene rings is 2. The van der Waals surface area contributed by atoms with Crippen LogP contribution in [0.25, 0.3) is 33.7 Å². The predicted octanol–water partition coefficient (Wildman–Crippen LogP) is 3.82. The minimum absolute atomic E-state index is 0.0403. The second-order valence-electron chi connectivity index (χ2n) is 6.76. The number of nitrogens with zero attached hydrogens (tertiary/aromatic N) is 2. The van der Waals surface area contributed by atoms with Crippen LogP contribution >= 0.6 is 0 Å². The number of rotatable bonds is 4. The average Bonchev–Trinajstić information content (AvgIpc) is 3.30. The fourth-order valence-corrected chi connectivity index (χ4v) is 3.45. The zero-order valence-electron chi connectivity index (χ0n) is 16.0. The van der Waals surface area contributed by atoms with Gasteiger partial charge in [0.1, 0.15) is 11.3 Å². The summed E-state index contributed by atoms with van der Waals surface area (Å²) in [6, 6.07) is 17.7. The highest BCUT2D eigenvalue weighted by Gasteiger charge is 2.20. The number of hydrogen-bond donors (Lipinski definition) is 0. The van der Waals surface area contributed by atoms with Crippen LogP contribution in [0.4, 0.5) is 0 Å². The molecule has 0 aliphatic heterocycles. The minimum atomic E-state index is -0.485. The van der Waals surface area contributed by atoms with E-state index in [1.165, 1.54) is 17.9 Å². The van der Waals surface area contributed by atoms with Gasteiger partial charge in [0, 0.05) is 6.07 Å². The van der Waals surface area contributed by atoms with E-state index in [0.717, 1.165) is 5.56 Å². The van der Waals surface area contributed by atoms with Gasteiger partial charge in [-0.2, -0.15) is 4.98 Å². The lowest BCUT2D eigenvalue weighted by molar-refractivity contribution is 0.414. The number of methoxy groups -OCH3 is 1. The molecule has 7 heteroatoms. The number of hydrogen-bond acceptors (Lipinski definition) is 6. The van der Waals surface area contributed by atoms with Gasteiger partial charge in [-0.15, -0.1) is 0 Å². The van der Waals surface area contributed by atoms with Crippen LogP contribution in [0, 0.1) is 0 Å². The summed E-state index contributed by atoms with van der Waals surface area (Å²) >= 11 is 0. The van der Waals surface area contributed by atoms with Crippen molar-refractivity contribution in [3.8, 4) is 17.3 Å². The summed E-state index contributed by atoms with van der Waals surface area (Å²) in [7, 11) is 1.52. The highest BCUT2D eigenvalue weighted by Crippen LogP contribution is 2.24. The van der Waals surface area contributed by atoms with Gasteiger partial charge < -0.3 is 13.6 Å². The van der Waals surface area contributed by atoms with Crippen molar-refractivity contribution < 1.29 is 13.6 Å². The van der Waals surface area contributed by atoms with Crippen LogP contribution in [0.3, 0.4) is 0 Å². The summed E-state index contributed by atoms with van der Waals surface area (Å²) in [5.74, 6) is 1.22. The van der Waals surface area contributed by atoms with Gasteiger partial charge >= 0.3 is 0 Å². The van der Waals surface area contributed by atoms with E-state index in [9.17, 15) is 9.59 Å². The fraction of sp³-hybridized carbons (Fsp3) is 0.0870. The van der Waals surface area contributed by atoms with Crippen molar-refractivity contribution in [2.75, 3.05) is 7.11 Å². The normalized spacial score (nSPS) is 11.2. The van der Waals surface area contributed by atoms with E-state index in [1.54, 1.807) is 30.3 Å². The zero-order valence-corrected chi connectivity index (χ0v) is 16.0. The van der Waals surface area contributed by atoms with Crippen LogP contribution in [-0.2, 0) is 6.54 Å². The molecule has 0 radical (unpaired) electrons. The first-order chi connectivity index (χ1) is 14.7. The highest BCUT2D eigenvalue weighted by molar-refractivity contribution is 5.88. The molecule has 0 saturated carbocycles. The second kappa shape index (κ2) is 7.04. The lowest BCUT2D eigenvalue weighted by Gasteiger charge is -2.12. The van der Waals surface area contributed by atoms with Crippen LogP contribution in [-0.4, -0.2) is 16.7 Å². The van der Waals surface area contributed by atoms with Gasteiger partial charge in [-0.25, -0.2) is 0 Å². The van der Waals surface area contributed by atoms with E-state index < -0.39 is 11.0 Å². The summed E-state index contributed by atoms with van der Waals surface area (Å²) in [5, 5.41) is 0.193. The molecule has 2 aromatic carbocycles. The quantitative estimate of drug-likeness (QED) is 0.426. The van der Waals surface area contributed by atoms with Crippen molar-refractivity contribution in [1.82, 2.24) is 9.55 Å². The summed E-state index contributed by atoms with van der Waals surface area (Å²) in [6.07, 6.45) is 1.50. The van der Waals surface area contributed by atoms with E-state index in [4.69, 9.17) is 13.6 Å². The number of fused-ring (bicyclic) bond motifs is 2. The molecule has 30 heavy (non-hydrogen) atoms. The van der Waals surface area contributed by atoms with E-state index in [0.29, 0.717) is 22.5 Å². The molecule has 0 unspecified atom stereocenters. The van der Waals surface area contributed by atoms with Gasteiger partial charge in [-0.05, 0) is 29.8 Å². The number of ether oxygens (including phenoxy) is 1. The van der Waals surface area contributed by atoms with Gasteiger partial charge in [0.25, 0.3) is 5.56 Å². The smallest absolute Gasteiger partial charge is 0.269 e. The molecular weight excluding hydrogens is 384 g/mol. The zero-order chi connectivity index (χ0) is 20.7. The van der Waals surface area contributed by atoms with Crippen molar-refractivity contribution >= 4 is 22.1 Å².